The molecule has 0 N–H and O–H groups in total. The van der Waals surface area contributed by atoms with E-state index in [1.807, 2.05) is 0 Å². The predicted molar refractivity (Wildman–Crippen MR) is 95.4 cm³/mol. The van der Waals surface area contributed by atoms with Crippen LogP contribution in [0.25, 0.3) is 0 Å². The molecule has 1 aromatic carbocycles. The van der Waals surface area contributed by atoms with Gasteiger partial charge in [0.25, 0.3) is 0 Å². The smallest absolute Gasteiger partial charge is 0.0393 e. The maximum atomic E-state index is 4.25. The van der Waals surface area contributed by atoms with Gasteiger partial charge < -0.3 is 4.90 Å². The summed E-state index contributed by atoms with van der Waals surface area (Å²) in [7, 11) is 2.21. The van der Waals surface area contributed by atoms with Crippen molar-refractivity contribution in [3.05, 3.63) is 29.3 Å². The van der Waals surface area contributed by atoms with E-state index in [9.17, 15) is 0 Å². The number of rotatable bonds is 10. The van der Waals surface area contributed by atoms with Crippen molar-refractivity contribution < 1.29 is 0 Å². The molecule has 0 fully saturated rings. The Hall–Kier alpha value is -0.630. The molecule has 0 bridgehead atoms. The summed E-state index contributed by atoms with van der Waals surface area (Å²) in [5, 5.41) is 0. The van der Waals surface area contributed by atoms with E-state index in [2.05, 4.69) is 56.6 Å². The second-order valence-corrected chi connectivity index (χ2v) is 6.36. The van der Waals surface area contributed by atoms with Crippen molar-refractivity contribution >= 4 is 18.3 Å². The van der Waals surface area contributed by atoms with Crippen molar-refractivity contribution in [1.29, 1.82) is 0 Å². The molecular formula is C18H31NS. The molecule has 20 heavy (non-hydrogen) atoms. The van der Waals surface area contributed by atoms with Gasteiger partial charge in [0.1, 0.15) is 0 Å². The van der Waals surface area contributed by atoms with E-state index in [0.717, 1.165) is 5.75 Å². The van der Waals surface area contributed by atoms with E-state index < -0.39 is 0 Å². The van der Waals surface area contributed by atoms with Crippen LogP contribution in [0.4, 0.5) is 5.69 Å². The number of aryl methyl sites for hydroxylation is 2. The monoisotopic (exact) mass is 293 g/mol. The molecule has 0 aromatic heterocycles. The number of benzene rings is 1. The summed E-state index contributed by atoms with van der Waals surface area (Å²) in [6.45, 7) is 5.53. The van der Waals surface area contributed by atoms with Crippen molar-refractivity contribution in [3.63, 3.8) is 0 Å². The van der Waals surface area contributed by atoms with Crippen LogP contribution >= 0.6 is 12.6 Å². The fraction of sp³-hybridized carbons (Fsp3) is 0.667. The molecular weight excluding hydrogens is 262 g/mol. The zero-order chi connectivity index (χ0) is 14.8. The Bertz CT molecular complexity index is 376. The van der Waals surface area contributed by atoms with Gasteiger partial charge in [-0.2, -0.15) is 12.6 Å². The number of thiol groups is 1. The summed E-state index contributed by atoms with van der Waals surface area (Å²) in [6.07, 6.45) is 9.44. The third kappa shape index (κ3) is 6.69. The number of anilines is 1. The van der Waals surface area contributed by atoms with Crippen molar-refractivity contribution in [3.8, 4) is 0 Å². The maximum Gasteiger partial charge on any atom is 0.0393 e. The highest BCUT2D eigenvalue weighted by molar-refractivity contribution is 7.80. The van der Waals surface area contributed by atoms with Gasteiger partial charge >= 0.3 is 0 Å². The van der Waals surface area contributed by atoms with E-state index >= 15 is 0 Å². The van der Waals surface area contributed by atoms with Crippen LogP contribution in [-0.2, 0) is 0 Å². The Morgan fingerprint density at radius 2 is 1.50 bits per heavy atom. The molecule has 0 saturated carbocycles. The molecule has 1 rings (SSSR count). The van der Waals surface area contributed by atoms with E-state index in [1.54, 1.807) is 0 Å². The minimum atomic E-state index is 1.04. The van der Waals surface area contributed by atoms with Crippen LogP contribution in [0.1, 0.15) is 56.1 Å². The van der Waals surface area contributed by atoms with Crippen LogP contribution < -0.4 is 4.90 Å². The lowest BCUT2D eigenvalue weighted by Gasteiger charge is -2.21. The van der Waals surface area contributed by atoms with Crippen molar-refractivity contribution in [2.24, 2.45) is 0 Å². The number of hydrogen-bond acceptors (Lipinski definition) is 2. The number of hydrogen-bond donors (Lipinski definition) is 1. The lowest BCUT2D eigenvalue weighted by atomic mass is 10.1. The standard InChI is InChI=1S/C18H31NS/c1-16-11-12-18(17(2)15-16)19(3)13-9-7-5-4-6-8-10-14-20/h11-12,15,20H,4-10,13-14H2,1-3H3. The summed E-state index contributed by atoms with van der Waals surface area (Å²) < 4.78 is 0. The van der Waals surface area contributed by atoms with Gasteiger partial charge in [-0.3, -0.25) is 0 Å². The van der Waals surface area contributed by atoms with Crippen LogP contribution in [0.5, 0.6) is 0 Å². The Balaban J connectivity index is 2.15. The lowest BCUT2D eigenvalue weighted by Crippen LogP contribution is -2.19. The third-order valence-corrected chi connectivity index (χ3v) is 4.23. The van der Waals surface area contributed by atoms with Gasteiger partial charge in [-0.25, -0.2) is 0 Å². The summed E-state index contributed by atoms with van der Waals surface area (Å²) >= 11 is 4.25. The average molecular weight is 294 g/mol. The number of nitrogens with zero attached hydrogens (tertiary/aromatic N) is 1. The normalized spacial score (nSPS) is 10.8. The minimum Gasteiger partial charge on any atom is -0.374 e. The molecule has 0 atom stereocenters. The van der Waals surface area contributed by atoms with Crippen LogP contribution in [0, 0.1) is 13.8 Å². The fourth-order valence-electron chi connectivity index (χ4n) is 2.70. The van der Waals surface area contributed by atoms with Crippen LogP contribution in [0.2, 0.25) is 0 Å². The van der Waals surface area contributed by atoms with E-state index in [-0.39, 0.29) is 0 Å². The molecule has 0 aliphatic carbocycles. The molecule has 114 valence electrons. The van der Waals surface area contributed by atoms with Gasteiger partial charge in [0.05, 0.1) is 0 Å². The van der Waals surface area contributed by atoms with E-state index in [0.29, 0.717) is 0 Å². The molecule has 1 aromatic rings. The second-order valence-electron chi connectivity index (χ2n) is 5.91. The van der Waals surface area contributed by atoms with Crippen LogP contribution in [-0.4, -0.2) is 19.3 Å². The molecule has 0 saturated heterocycles. The average Bonchev–Trinajstić information content (AvgIpc) is 2.41. The van der Waals surface area contributed by atoms with Gasteiger partial charge in [-0.05, 0) is 44.1 Å². The van der Waals surface area contributed by atoms with Crippen molar-refractivity contribution in [1.82, 2.24) is 0 Å². The first-order chi connectivity index (χ1) is 9.65. The molecule has 1 nitrogen and oxygen atoms in total. The predicted octanol–water partition coefficient (Wildman–Crippen LogP) is 5.40. The summed E-state index contributed by atoms with van der Waals surface area (Å²) in [5.41, 5.74) is 4.12. The zero-order valence-corrected chi connectivity index (χ0v) is 14.4. The molecule has 0 amide bonds. The van der Waals surface area contributed by atoms with Gasteiger partial charge in [0, 0.05) is 19.3 Å². The first kappa shape index (κ1) is 17.4. The highest BCUT2D eigenvalue weighted by Gasteiger charge is 2.04. The fourth-order valence-corrected chi connectivity index (χ4v) is 2.92. The van der Waals surface area contributed by atoms with Crippen molar-refractivity contribution in [2.45, 2.75) is 58.8 Å². The SMILES string of the molecule is Cc1ccc(N(C)CCCCCCCCCS)c(C)c1. The summed E-state index contributed by atoms with van der Waals surface area (Å²) in [6, 6.07) is 6.73. The first-order valence-corrected chi connectivity index (χ1v) is 8.67. The van der Waals surface area contributed by atoms with Gasteiger partial charge in [-0.15, -0.1) is 0 Å². The molecule has 0 radical (unpaired) electrons. The molecule has 0 aliphatic rings. The first-order valence-electron chi connectivity index (χ1n) is 8.04. The topological polar surface area (TPSA) is 3.24 Å². The van der Waals surface area contributed by atoms with Crippen molar-refractivity contribution in [2.75, 3.05) is 24.2 Å². The molecule has 0 heterocycles. The lowest BCUT2D eigenvalue weighted by molar-refractivity contribution is 0.590. The highest BCUT2D eigenvalue weighted by Crippen LogP contribution is 2.20. The van der Waals surface area contributed by atoms with E-state index in [1.165, 1.54) is 68.3 Å². The largest absolute Gasteiger partial charge is 0.374 e. The number of unbranched alkanes of at least 4 members (excludes halogenated alkanes) is 6. The van der Waals surface area contributed by atoms with Crippen LogP contribution in [0.3, 0.4) is 0 Å². The third-order valence-electron chi connectivity index (χ3n) is 3.92. The minimum absolute atomic E-state index is 1.04. The zero-order valence-electron chi connectivity index (χ0n) is 13.5. The molecule has 0 aliphatic heterocycles. The van der Waals surface area contributed by atoms with Gasteiger partial charge in [0.2, 0.25) is 0 Å². The van der Waals surface area contributed by atoms with Crippen LogP contribution in [0.15, 0.2) is 18.2 Å². The van der Waals surface area contributed by atoms with Gasteiger partial charge in [-0.1, -0.05) is 49.8 Å². The van der Waals surface area contributed by atoms with E-state index in [4.69, 9.17) is 0 Å². The van der Waals surface area contributed by atoms with Gasteiger partial charge in [0.15, 0.2) is 0 Å². The Labute approximate surface area is 131 Å². The summed E-state index contributed by atoms with van der Waals surface area (Å²) in [4.78, 5) is 2.40. The maximum absolute atomic E-state index is 4.25. The Morgan fingerprint density at radius 3 is 2.10 bits per heavy atom. The quantitative estimate of drug-likeness (QED) is 0.446. The molecule has 0 spiro atoms. The Kier molecular flexibility index (Phi) is 8.84. The summed E-state index contributed by atoms with van der Waals surface area (Å²) in [5.74, 6) is 1.04. The second kappa shape index (κ2) is 10.1. The Morgan fingerprint density at radius 1 is 0.900 bits per heavy atom. The molecule has 0 unspecified atom stereocenters. The highest BCUT2D eigenvalue weighted by atomic mass is 32.1. The molecule has 2 heteroatoms.